The van der Waals surface area contributed by atoms with Crippen molar-refractivity contribution >= 4 is 23.2 Å². The van der Waals surface area contributed by atoms with Crippen LogP contribution in [0.4, 0.5) is 0 Å². The molecule has 0 aliphatic carbocycles. The highest BCUT2D eigenvalue weighted by molar-refractivity contribution is 6.42. The van der Waals surface area contributed by atoms with E-state index >= 15 is 0 Å². The zero-order valence-corrected chi connectivity index (χ0v) is 12.6. The van der Waals surface area contributed by atoms with Crippen LogP contribution in [0.5, 0.6) is 0 Å². The lowest BCUT2D eigenvalue weighted by Crippen LogP contribution is -2.50. The van der Waals surface area contributed by atoms with Gasteiger partial charge in [-0.2, -0.15) is 5.26 Å². The molecular weight excluding hydrogens is 281 g/mol. The molecular formula is C14H17Cl2N3. The standard InChI is InChI=1S/C14H17Cl2N3/c1-10-9-19(6-5-18(10)2)14(8-17)11-3-4-12(15)13(16)7-11/h3-4,7,10,14H,5-6,9H2,1-2H3. The average Bonchev–Trinajstić information content (AvgIpc) is 2.39. The molecule has 0 amide bonds. The van der Waals surface area contributed by atoms with Crippen molar-refractivity contribution in [3.63, 3.8) is 0 Å². The fraction of sp³-hybridized carbons (Fsp3) is 0.500. The third kappa shape index (κ3) is 3.21. The fourth-order valence-electron chi connectivity index (χ4n) is 2.36. The van der Waals surface area contributed by atoms with Crippen LogP contribution < -0.4 is 0 Å². The summed E-state index contributed by atoms with van der Waals surface area (Å²) in [6.45, 7) is 4.92. The summed E-state index contributed by atoms with van der Waals surface area (Å²) in [6, 6.07) is 7.99. The molecule has 0 saturated carbocycles. The SMILES string of the molecule is CC1CN(C(C#N)c2ccc(Cl)c(Cl)c2)CCN1C. The average molecular weight is 298 g/mol. The Labute approximate surface area is 124 Å². The fourth-order valence-corrected chi connectivity index (χ4v) is 2.67. The summed E-state index contributed by atoms with van der Waals surface area (Å²) in [5.41, 5.74) is 0.911. The first-order chi connectivity index (χ1) is 9.02. The molecule has 2 atom stereocenters. The molecule has 1 fully saturated rings. The molecule has 2 unspecified atom stereocenters. The molecule has 1 heterocycles. The number of piperazine rings is 1. The summed E-state index contributed by atoms with van der Waals surface area (Å²) >= 11 is 12.0. The maximum absolute atomic E-state index is 9.46. The molecule has 3 nitrogen and oxygen atoms in total. The van der Waals surface area contributed by atoms with Crippen molar-refractivity contribution in [3.05, 3.63) is 33.8 Å². The van der Waals surface area contributed by atoms with Gasteiger partial charge in [0.15, 0.2) is 0 Å². The molecule has 19 heavy (non-hydrogen) atoms. The normalized spacial score (nSPS) is 23.0. The number of halogens is 2. The van der Waals surface area contributed by atoms with Crippen LogP contribution in [-0.4, -0.2) is 42.5 Å². The lowest BCUT2D eigenvalue weighted by atomic mass is 10.0. The van der Waals surface area contributed by atoms with E-state index in [1.807, 2.05) is 6.07 Å². The van der Waals surface area contributed by atoms with Crippen molar-refractivity contribution in [3.8, 4) is 6.07 Å². The van der Waals surface area contributed by atoms with Crippen molar-refractivity contribution in [1.29, 1.82) is 5.26 Å². The van der Waals surface area contributed by atoms with E-state index in [4.69, 9.17) is 23.2 Å². The molecule has 0 bridgehead atoms. The number of rotatable bonds is 2. The van der Waals surface area contributed by atoms with E-state index in [2.05, 4.69) is 29.8 Å². The first kappa shape index (κ1) is 14.6. The van der Waals surface area contributed by atoms with Crippen LogP contribution in [0.15, 0.2) is 18.2 Å². The lowest BCUT2D eigenvalue weighted by molar-refractivity contribution is 0.0881. The van der Waals surface area contributed by atoms with Crippen LogP contribution in [0.3, 0.4) is 0 Å². The third-order valence-electron chi connectivity index (χ3n) is 3.74. The van der Waals surface area contributed by atoms with Gasteiger partial charge in [-0.25, -0.2) is 0 Å². The summed E-state index contributed by atoms with van der Waals surface area (Å²) in [7, 11) is 2.11. The Morgan fingerprint density at radius 1 is 1.32 bits per heavy atom. The van der Waals surface area contributed by atoms with E-state index in [-0.39, 0.29) is 6.04 Å². The Morgan fingerprint density at radius 2 is 2.05 bits per heavy atom. The number of nitrogens with zero attached hydrogens (tertiary/aromatic N) is 3. The van der Waals surface area contributed by atoms with Gasteiger partial charge in [-0.1, -0.05) is 29.3 Å². The predicted octanol–water partition coefficient (Wildman–Crippen LogP) is 3.19. The summed E-state index contributed by atoms with van der Waals surface area (Å²) in [5, 5.41) is 10.5. The highest BCUT2D eigenvalue weighted by Crippen LogP contribution is 2.29. The van der Waals surface area contributed by atoms with Gasteiger partial charge in [0.25, 0.3) is 0 Å². The molecule has 1 aliphatic heterocycles. The van der Waals surface area contributed by atoms with E-state index in [1.165, 1.54) is 0 Å². The largest absolute Gasteiger partial charge is 0.301 e. The number of benzene rings is 1. The summed E-state index contributed by atoms with van der Waals surface area (Å²) in [6.07, 6.45) is 0. The van der Waals surface area contributed by atoms with Gasteiger partial charge in [0.1, 0.15) is 6.04 Å². The smallest absolute Gasteiger partial charge is 0.124 e. The Hall–Kier alpha value is -0.790. The van der Waals surface area contributed by atoms with Gasteiger partial charge in [0, 0.05) is 25.7 Å². The summed E-state index contributed by atoms with van der Waals surface area (Å²) in [4.78, 5) is 4.50. The third-order valence-corrected chi connectivity index (χ3v) is 4.48. The van der Waals surface area contributed by atoms with Crippen molar-refractivity contribution in [2.24, 2.45) is 0 Å². The molecule has 102 valence electrons. The molecule has 2 rings (SSSR count). The van der Waals surface area contributed by atoms with E-state index in [0.717, 1.165) is 25.2 Å². The second-order valence-electron chi connectivity index (χ2n) is 5.03. The van der Waals surface area contributed by atoms with Crippen LogP contribution in [0.1, 0.15) is 18.5 Å². The molecule has 1 saturated heterocycles. The molecule has 0 aromatic heterocycles. The monoisotopic (exact) mass is 297 g/mol. The highest BCUT2D eigenvalue weighted by atomic mass is 35.5. The number of hydrogen-bond acceptors (Lipinski definition) is 3. The second kappa shape index (κ2) is 6.11. The van der Waals surface area contributed by atoms with Gasteiger partial charge in [0.05, 0.1) is 16.1 Å². The number of hydrogen-bond donors (Lipinski definition) is 0. The second-order valence-corrected chi connectivity index (χ2v) is 5.84. The van der Waals surface area contributed by atoms with E-state index in [1.54, 1.807) is 12.1 Å². The van der Waals surface area contributed by atoms with Gasteiger partial charge in [-0.15, -0.1) is 0 Å². The molecule has 5 heteroatoms. The quantitative estimate of drug-likeness (QED) is 0.840. The molecule has 0 spiro atoms. The van der Waals surface area contributed by atoms with Crippen LogP contribution in [0, 0.1) is 11.3 Å². The van der Waals surface area contributed by atoms with E-state index in [9.17, 15) is 5.26 Å². The van der Waals surface area contributed by atoms with E-state index < -0.39 is 0 Å². The Balaban J connectivity index is 2.20. The van der Waals surface area contributed by atoms with Gasteiger partial charge < -0.3 is 4.90 Å². The number of nitriles is 1. The zero-order valence-electron chi connectivity index (χ0n) is 11.1. The van der Waals surface area contributed by atoms with Crippen molar-refractivity contribution in [2.45, 2.75) is 19.0 Å². The van der Waals surface area contributed by atoms with Gasteiger partial charge in [-0.05, 0) is 31.7 Å². The van der Waals surface area contributed by atoms with Gasteiger partial charge in [-0.3, -0.25) is 4.90 Å². The molecule has 1 aromatic rings. The predicted molar refractivity (Wildman–Crippen MR) is 78.5 cm³/mol. The Morgan fingerprint density at radius 3 is 2.63 bits per heavy atom. The van der Waals surface area contributed by atoms with Gasteiger partial charge in [0.2, 0.25) is 0 Å². The molecule has 0 N–H and O–H groups in total. The minimum atomic E-state index is -0.258. The first-order valence-corrected chi connectivity index (χ1v) is 7.07. The lowest BCUT2D eigenvalue weighted by Gasteiger charge is -2.39. The number of likely N-dealkylation sites (N-methyl/N-ethyl adjacent to an activating group) is 1. The first-order valence-electron chi connectivity index (χ1n) is 6.31. The summed E-state index contributed by atoms with van der Waals surface area (Å²) in [5.74, 6) is 0. The van der Waals surface area contributed by atoms with Crippen LogP contribution in [0.2, 0.25) is 10.0 Å². The topological polar surface area (TPSA) is 30.3 Å². The minimum Gasteiger partial charge on any atom is -0.301 e. The zero-order chi connectivity index (χ0) is 14.0. The maximum atomic E-state index is 9.46. The molecule has 0 radical (unpaired) electrons. The van der Waals surface area contributed by atoms with Gasteiger partial charge >= 0.3 is 0 Å². The minimum absolute atomic E-state index is 0.258. The van der Waals surface area contributed by atoms with E-state index in [0.29, 0.717) is 16.1 Å². The van der Waals surface area contributed by atoms with Crippen LogP contribution >= 0.6 is 23.2 Å². The Bertz CT molecular complexity index is 498. The van der Waals surface area contributed by atoms with Crippen LogP contribution in [0.25, 0.3) is 0 Å². The van der Waals surface area contributed by atoms with Crippen LogP contribution in [-0.2, 0) is 0 Å². The Kier molecular flexibility index (Phi) is 4.70. The molecule has 1 aliphatic rings. The molecule has 1 aromatic carbocycles. The van der Waals surface area contributed by atoms with Crippen molar-refractivity contribution < 1.29 is 0 Å². The van der Waals surface area contributed by atoms with Crippen molar-refractivity contribution in [2.75, 3.05) is 26.7 Å². The summed E-state index contributed by atoms with van der Waals surface area (Å²) < 4.78 is 0. The van der Waals surface area contributed by atoms with Crippen molar-refractivity contribution in [1.82, 2.24) is 9.80 Å². The maximum Gasteiger partial charge on any atom is 0.124 e. The highest BCUT2D eigenvalue weighted by Gasteiger charge is 2.27.